The standard InChI is InChI=1S/C23H28N2O3/c1-22(2,3)28-21(27)24(4)14-20(26)25-13-19-12-23(19,15-25)18-10-9-16-7-5-6-8-17(16)11-18/h5-11,19H,12-15H2,1-4H3/t19-,23+/m1/s1. The van der Waals surface area contributed by atoms with Gasteiger partial charge in [-0.3, -0.25) is 4.79 Å². The average Bonchev–Trinajstić information content (AvgIpc) is 3.21. The van der Waals surface area contributed by atoms with Crippen molar-refractivity contribution < 1.29 is 14.3 Å². The Bertz CT molecular complexity index is 933. The van der Waals surface area contributed by atoms with E-state index in [9.17, 15) is 9.59 Å². The first kappa shape index (κ1) is 18.8. The number of carbonyl (C=O) groups is 2. The van der Waals surface area contributed by atoms with Gasteiger partial charge >= 0.3 is 6.09 Å². The minimum absolute atomic E-state index is 0.0132. The molecule has 2 amide bonds. The van der Waals surface area contributed by atoms with Crippen LogP contribution in [0, 0.1) is 5.92 Å². The van der Waals surface area contributed by atoms with Gasteiger partial charge in [0.2, 0.25) is 5.91 Å². The molecular weight excluding hydrogens is 352 g/mol. The predicted molar refractivity (Wildman–Crippen MR) is 109 cm³/mol. The highest BCUT2D eigenvalue weighted by atomic mass is 16.6. The maximum Gasteiger partial charge on any atom is 0.410 e. The molecule has 1 aliphatic heterocycles. The predicted octanol–water partition coefficient (Wildman–Crippen LogP) is 3.81. The lowest BCUT2D eigenvalue weighted by Crippen LogP contribution is -2.43. The summed E-state index contributed by atoms with van der Waals surface area (Å²) in [7, 11) is 1.61. The molecule has 1 saturated heterocycles. The van der Waals surface area contributed by atoms with Crippen LogP contribution < -0.4 is 0 Å². The first-order valence-corrected chi connectivity index (χ1v) is 9.89. The van der Waals surface area contributed by atoms with E-state index in [1.807, 2.05) is 25.7 Å². The third kappa shape index (κ3) is 3.46. The third-order valence-corrected chi connectivity index (χ3v) is 5.90. The number of likely N-dealkylation sites (N-methyl/N-ethyl adjacent to an activating group) is 1. The van der Waals surface area contributed by atoms with Gasteiger partial charge in [-0.15, -0.1) is 0 Å². The summed E-state index contributed by atoms with van der Waals surface area (Å²) in [6.45, 7) is 7.02. The summed E-state index contributed by atoms with van der Waals surface area (Å²) in [5, 5.41) is 2.49. The molecule has 2 aromatic carbocycles. The zero-order valence-electron chi connectivity index (χ0n) is 17.1. The minimum atomic E-state index is -0.566. The molecule has 0 radical (unpaired) electrons. The van der Waals surface area contributed by atoms with E-state index in [1.54, 1.807) is 7.05 Å². The largest absolute Gasteiger partial charge is 0.444 e. The third-order valence-electron chi connectivity index (χ3n) is 5.90. The van der Waals surface area contributed by atoms with E-state index in [-0.39, 0.29) is 17.9 Å². The van der Waals surface area contributed by atoms with Crippen molar-refractivity contribution in [3.8, 4) is 0 Å². The van der Waals surface area contributed by atoms with Crippen molar-refractivity contribution in [1.82, 2.24) is 9.80 Å². The van der Waals surface area contributed by atoms with Crippen LogP contribution in [0.25, 0.3) is 10.8 Å². The molecule has 1 aliphatic carbocycles. The quantitative estimate of drug-likeness (QED) is 0.814. The van der Waals surface area contributed by atoms with Crippen LogP contribution in [-0.2, 0) is 14.9 Å². The van der Waals surface area contributed by atoms with Gasteiger partial charge in [-0.1, -0.05) is 42.5 Å². The lowest BCUT2D eigenvalue weighted by Gasteiger charge is -2.27. The Morgan fingerprint density at radius 3 is 2.61 bits per heavy atom. The van der Waals surface area contributed by atoms with Gasteiger partial charge in [0.05, 0.1) is 0 Å². The molecule has 2 atom stereocenters. The molecule has 0 unspecified atom stereocenters. The fourth-order valence-corrected chi connectivity index (χ4v) is 4.33. The molecule has 2 fully saturated rings. The van der Waals surface area contributed by atoms with Crippen molar-refractivity contribution in [3.05, 3.63) is 48.0 Å². The van der Waals surface area contributed by atoms with Crippen molar-refractivity contribution in [1.29, 1.82) is 0 Å². The van der Waals surface area contributed by atoms with Gasteiger partial charge in [-0.05, 0) is 49.4 Å². The van der Waals surface area contributed by atoms with Crippen LogP contribution in [0.5, 0.6) is 0 Å². The van der Waals surface area contributed by atoms with E-state index >= 15 is 0 Å². The molecule has 0 N–H and O–H groups in total. The van der Waals surface area contributed by atoms with Crippen molar-refractivity contribution >= 4 is 22.8 Å². The van der Waals surface area contributed by atoms with Gasteiger partial charge in [0.1, 0.15) is 12.1 Å². The molecule has 5 heteroatoms. The molecule has 1 saturated carbocycles. The first-order chi connectivity index (χ1) is 13.2. The Morgan fingerprint density at radius 2 is 1.89 bits per heavy atom. The number of nitrogens with zero attached hydrogens (tertiary/aromatic N) is 2. The summed E-state index contributed by atoms with van der Waals surface area (Å²) < 4.78 is 5.34. The summed E-state index contributed by atoms with van der Waals surface area (Å²) in [5.74, 6) is 0.505. The molecule has 0 spiro atoms. The number of benzene rings is 2. The fourth-order valence-electron chi connectivity index (χ4n) is 4.33. The molecular formula is C23H28N2O3. The number of hydrogen-bond donors (Lipinski definition) is 0. The van der Waals surface area contributed by atoms with E-state index in [0.717, 1.165) is 19.5 Å². The first-order valence-electron chi connectivity index (χ1n) is 9.89. The molecule has 2 aromatic rings. The van der Waals surface area contributed by atoms with E-state index in [0.29, 0.717) is 5.92 Å². The molecule has 148 valence electrons. The van der Waals surface area contributed by atoms with Gasteiger partial charge < -0.3 is 14.5 Å². The van der Waals surface area contributed by atoms with E-state index in [1.165, 1.54) is 21.2 Å². The molecule has 0 aromatic heterocycles. The molecule has 4 rings (SSSR count). The van der Waals surface area contributed by atoms with Crippen LogP contribution >= 0.6 is 0 Å². The van der Waals surface area contributed by atoms with Gasteiger partial charge in [0.25, 0.3) is 0 Å². The Hall–Kier alpha value is -2.56. The Morgan fingerprint density at radius 1 is 1.18 bits per heavy atom. The zero-order valence-corrected chi connectivity index (χ0v) is 17.1. The number of ether oxygens (including phenoxy) is 1. The maximum atomic E-state index is 12.8. The topological polar surface area (TPSA) is 49.9 Å². The van der Waals surface area contributed by atoms with Crippen LogP contribution in [0.15, 0.2) is 42.5 Å². The Kier molecular flexibility index (Phi) is 4.36. The molecule has 5 nitrogen and oxygen atoms in total. The van der Waals surface area contributed by atoms with Crippen molar-refractivity contribution in [2.24, 2.45) is 5.92 Å². The van der Waals surface area contributed by atoms with Crippen LogP contribution in [0.4, 0.5) is 4.79 Å². The lowest BCUT2D eigenvalue weighted by molar-refractivity contribution is -0.131. The maximum absolute atomic E-state index is 12.8. The van der Waals surface area contributed by atoms with Crippen LogP contribution in [0.1, 0.15) is 32.8 Å². The van der Waals surface area contributed by atoms with Gasteiger partial charge in [-0.2, -0.15) is 0 Å². The van der Waals surface area contributed by atoms with Gasteiger partial charge in [0, 0.05) is 25.6 Å². The van der Waals surface area contributed by atoms with Crippen LogP contribution in [0.3, 0.4) is 0 Å². The summed E-state index contributed by atoms with van der Waals surface area (Å²) in [5.41, 5.74) is 0.848. The highest BCUT2D eigenvalue weighted by molar-refractivity contribution is 5.85. The monoisotopic (exact) mass is 380 g/mol. The highest BCUT2D eigenvalue weighted by Crippen LogP contribution is 2.59. The van der Waals surface area contributed by atoms with Crippen LogP contribution in [0.2, 0.25) is 0 Å². The van der Waals surface area contributed by atoms with E-state index in [2.05, 4.69) is 42.5 Å². The van der Waals surface area contributed by atoms with Crippen LogP contribution in [-0.4, -0.2) is 54.1 Å². The summed E-state index contributed by atoms with van der Waals surface area (Å²) in [6.07, 6.45) is 0.672. The number of hydrogen-bond acceptors (Lipinski definition) is 3. The molecule has 0 bridgehead atoms. The smallest absolute Gasteiger partial charge is 0.410 e. The number of piperidine rings is 1. The average molecular weight is 380 g/mol. The summed E-state index contributed by atoms with van der Waals surface area (Å²) in [4.78, 5) is 28.1. The van der Waals surface area contributed by atoms with Crippen molar-refractivity contribution in [3.63, 3.8) is 0 Å². The SMILES string of the molecule is CN(CC(=O)N1C[C@H]2C[C@@]2(c2ccc3ccccc3c2)C1)C(=O)OC(C)(C)C. The number of amides is 2. The number of carbonyl (C=O) groups excluding carboxylic acids is 2. The van der Waals surface area contributed by atoms with Crippen molar-refractivity contribution in [2.45, 2.75) is 38.2 Å². The fraction of sp³-hybridized carbons (Fsp3) is 0.478. The van der Waals surface area contributed by atoms with Gasteiger partial charge in [0.15, 0.2) is 0 Å². The lowest BCUT2D eigenvalue weighted by atomic mass is 9.93. The minimum Gasteiger partial charge on any atom is -0.444 e. The van der Waals surface area contributed by atoms with E-state index in [4.69, 9.17) is 4.74 Å². The highest BCUT2D eigenvalue weighted by Gasteiger charge is 2.61. The summed E-state index contributed by atoms with van der Waals surface area (Å²) >= 11 is 0. The second-order valence-electron chi connectivity index (χ2n) is 9.23. The molecule has 28 heavy (non-hydrogen) atoms. The number of fused-ring (bicyclic) bond motifs is 2. The molecule has 2 aliphatic rings. The summed E-state index contributed by atoms with van der Waals surface area (Å²) in [6, 6.07) is 15.0. The number of rotatable bonds is 3. The van der Waals surface area contributed by atoms with Gasteiger partial charge in [-0.25, -0.2) is 4.79 Å². The second kappa shape index (κ2) is 6.50. The Labute approximate surface area is 166 Å². The normalized spacial score (nSPS) is 23.4. The van der Waals surface area contributed by atoms with E-state index < -0.39 is 11.7 Å². The zero-order chi connectivity index (χ0) is 20.1. The second-order valence-corrected chi connectivity index (χ2v) is 9.23. The molecule has 1 heterocycles. The number of likely N-dealkylation sites (tertiary alicyclic amines) is 1. The van der Waals surface area contributed by atoms with Crippen molar-refractivity contribution in [2.75, 3.05) is 26.7 Å². The Balaban J connectivity index is 1.42.